The van der Waals surface area contributed by atoms with E-state index in [0.717, 1.165) is 0 Å². The number of morpholine rings is 1. The molecule has 26 heavy (non-hydrogen) atoms. The number of halogens is 3. The number of hydrogen-bond acceptors (Lipinski definition) is 4. The highest BCUT2D eigenvalue weighted by atomic mass is 35.5. The second-order valence-corrected chi connectivity index (χ2v) is 6.81. The Balaban J connectivity index is 1.67. The Morgan fingerprint density at radius 3 is 2.88 bits per heavy atom. The van der Waals surface area contributed by atoms with Gasteiger partial charge in [0.25, 0.3) is 5.56 Å². The van der Waals surface area contributed by atoms with Gasteiger partial charge in [-0.25, -0.2) is 9.37 Å². The van der Waals surface area contributed by atoms with Gasteiger partial charge in [0.05, 0.1) is 29.1 Å². The number of fused-ring (bicyclic) bond motifs is 1. The molecule has 5 nitrogen and oxygen atoms in total. The fraction of sp³-hybridized carbons (Fsp3) is 0.222. The molecule has 1 N–H and O–H groups in total. The first-order chi connectivity index (χ1) is 12.5. The first-order valence-corrected chi connectivity index (χ1v) is 8.78. The number of anilines is 1. The van der Waals surface area contributed by atoms with Crippen LogP contribution in [0.1, 0.15) is 11.7 Å². The maximum absolute atomic E-state index is 13.8. The number of H-pyrrole nitrogens is 1. The monoisotopic (exact) mass is 393 g/mol. The first-order valence-electron chi connectivity index (χ1n) is 8.03. The molecule has 134 valence electrons. The highest BCUT2D eigenvalue weighted by molar-refractivity contribution is 6.35. The van der Waals surface area contributed by atoms with Gasteiger partial charge >= 0.3 is 0 Å². The summed E-state index contributed by atoms with van der Waals surface area (Å²) >= 11 is 12.0. The third kappa shape index (κ3) is 3.16. The SMILES string of the molecule is O=c1[nH]c(N2CCOC(c3cc(F)c(Cl)cc3Cl)C2)nc2ccccc12. The molecule has 0 spiro atoms. The van der Waals surface area contributed by atoms with Gasteiger partial charge in [-0.2, -0.15) is 0 Å². The van der Waals surface area contributed by atoms with Crippen molar-refractivity contribution in [2.24, 2.45) is 0 Å². The number of rotatable bonds is 2. The van der Waals surface area contributed by atoms with E-state index in [4.69, 9.17) is 27.9 Å². The van der Waals surface area contributed by atoms with E-state index < -0.39 is 11.9 Å². The third-order valence-corrected chi connectivity index (χ3v) is 4.97. The quantitative estimate of drug-likeness (QED) is 0.669. The van der Waals surface area contributed by atoms with Crippen molar-refractivity contribution in [3.8, 4) is 0 Å². The van der Waals surface area contributed by atoms with E-state index in [1.54, 1.807) is 18.2 Å². The van der Waals surface area contributed by atoms with Gasteiger partial charge in [0.2, 0.25) is 5.95 Å². The molecular weight excluding hydrogens is 380 g/mol. The number of aromatic amines is 1. The van der Waals surface area contributed by atoms with E-state index in [-0.39, 0.29) is 10.6 Å². The number of aromatic nitrogens is 2. The largest absolute Gasteiger partial charge is 0.370 e. The lowest BCUT2D eigenvalue weighted by molar-refractivity contribution is 0.0391. The maximum atomic E-state index is 13.8. The number of nitrogens with zero attached hydrogens (tertiary/aromatic N) is 2. The van der Waals surface area contributed by atoms with E-state index in [9.17, 15) is 9.18 Å². The molecular formula is C18H14Cl2FN3O2. The van der Waals surface area contributed by atoms with Gasteiger partial charge < -0.3 is 9.64 Å². The van der Waals surface area contributed by atoms with Crippen molar-refractivity contribution in [1.82, 2.24) is 9.97 Å². The molecule has 0 amide bonds. The summed E-state index contributed by atoms with van der Waals surface area (Å²) in [5.41, 5.74) is 0.926. The molecule has 8 heteroatoms. The van der Waals surface area contributed by atoms with Crippen molar-refractivity contribution < 1.29 is 9.13 Å². The van der Waals surface area contributed by atoms with Crippen LogP contribution in [0.15, 0.2) is 41.2 Å². The average Bonchev–Trinajstić information content (AvgIpc) is 2.65. The maximum Gasteiger partial charge on any atom is 0.260 e. The number of hydrogen-bond donors (Lipinski definition) is 1. The fourth-order valence-corrected chi connectivity index (χ4v) is 3.54. The lowest BCUT2D eigenvalue weighted by Crippen LogP contribution is -2.40. The predicted octanol–water partition coefficient (Wildman–Crippen LogP) is 3.95. The summed E-state index contributed by atoms with van der Waals surface area (Å²) in [6.45, 7) is 1.31. The van der Waals surface area contributed by atoms with Crippen LogP contribution >= 0.6 is 23.2 Å². The lowest BCUT2D eigenvalue weighted by Gasteiger charge is -2.33. The van der Waals surface area contributed by atoms with Crippen LogP contribution in [0.5, 0.6) is 0 Å². The zero-order chi connectivity index (χ0) is 18.3. The van der Waals surface area contributed by atoms with Crippen LogP contribution in [0.25, 0.3) is 10.9 Å². The molecule has 0 aliphatic carbocycles. The van der Waals surface area contributed by atoms with E-state index in [0.29, 0.717) is 47.1 Å². The smallest absolute Gasteiger partial charge is 0.260 e. The van der Waals surface area contributed by atoms with Gasteiger partial charge in [-0.05, 0) is 24.3 Å². The molecule has 0 saturated carbocycles. The third-order valence-electron chi connectivity index (χ3n) is 4.35. The van der Waals surface area contributed by atoms with Gasteiger partial charge in [0.1, 0.15) is 11.9 Å². The van der Waals surface area contributed by atoms with E-state index in [2.05, 4.69) is 9.97 Å². The van der Waals surface area contributed by atoms with E-state index >= 15 is 0 Å². The van der Waals surface area contributed by atoms with Crippen LogP contribution in [0, 0.1) is 5.82 Å². The number of para-hydroxylation sites is 1. The number of benzene rings is 2. The average molecular weight is 394 g/mol. The second kappa shape index (κ2) is 6.87. The summed E-state index contributed by atoms with van der Waals surface area (Å²) < 4.78 is 19.6. The van der Waals surface area contributed by atoms with Gasteiger partial charge in [0, 0.05) is 17.1 Å². The Kier molecular flexibility index (Phi) is 4.56. The van der Waals surface area contributed by atoms with Crippen LogP contribution in [-0.4, -0.2) is 29.7 Å². The van der Waals surface area contributed by atoms with E-state index in [1.165, 1.54) is 12.1 Å². The lowest BCUT2D eigenvalue weighted by atomic mass is 10.1. The number of nitrogens with one attached hydrogen (secondary N) is 1. The van der Waals surface area contributed by atoms with Gasteiger partial charge in [-0.1, -0.05) is 35.3 Å². The summed E-state index contributed by atoms with van der Waals surface area (Å²) in [5.74, 6) is -0.100. The van der Waals surface area contributed by atoms with Gasteiger partial charge in [-0.3, -0.25) is 9.78 Å². The molecule has 2 heterocycles. The molecule has 1 fully saturated rings. The Bertz CT molecular complexity index is 1040. The summed E-state index contributed by atoms with van der Waals surface area (Å²) in [4.78, 5) is 21.5. The molecule has 1 unspecified atom stereocenters. The van der Waals surface area contributed by atoms with Crippen molar-refractivity contribution in [2.75, 3.05) is 24.6 Å². The molecule has 0 bridgehead atoms. The topological polar surface area (TPSA) is 58.2 Å². The van der Waals surface area contributed by atoms with E-state index in [1.807, 2.05) is 11.0 Å². The summed E-state index contributed by atoms with van der Waals surface area (Å²) in [5, 5.41) is 0.832. The van der Waals surface area contributed by atoms with Crippen LogP contribution in [-0.2, 0) is 4.74 Å². The van der Waals surface area contributed by atoms with Crippen LogP contribution in [0.2, 0.25) is 10.0 Å². The van der Waals surface area contributed by atoms with Gasteiger partial charge in [0.15, 0.2) is 0 Å². The Labute approximate surface area is 158 Å². The molecule has 3 aromatic rings. The highest BCUT2D eigenvalue weighted by Crippen LogP contribution is 2.33. The van der Waals surface area contributed by atoms with Crippen LogP contribution in [0.4, 0.5) is 10.3 Å². The highest BCUT2D eigenvalue weighted by Gasteiger charge is 2.26. The standard InChI is InChI=1S/C18H14Cl2FN3O2/c19-12-8-13(20)14(21)7-11(12)16-9-24(5-6-26-16)18-22-15-4-2-1-3-10(15)17(25)23-18/h1-4,7-8,16H,5-6,9H2,(H,22,23,25). The Morgan fingerprint density at radius 2 is 2.04 bits per heavy atom. The minimum Gasteiger partial charge on any atom is -0.370 e. The number of ether oxygens (including phenoxy) is 1. The molecule has 2 aromatic carbocycles. The van der Waals surface area contributed by atoms with Crippen LogP contribution in [0.3, 0.4) is 0 Å². The minimum atomic E-state index is -0.552. The zero-order valence-corrected chi connectivity index (χ0v) is 15.0. The zero-order valence-electron chi connectivity index (χ0n) is 13.5. The molecule has 1 saturated heterocycles. The first kappa shape index (κ1) is 17.3. The van der Waals surface area contributed by atoms with Crippen molar-refractivity contribution >= 4 is 40.1 Å². The summed E-state index contributed by atoms with van der Waals surface area (Å²) in [6.07, 6.45) is -0.459. The Hall–Kier alpha value is -2.15. The second-order valence-electron chi connectivity index (χ2n) is 6.00. The molecule has 1 aromatic heterocycles. The van der Waals surface area contributed by atoms with Crippen molar-refractivity contribution in [2.45, 2.75) is 6.10 Å². The minimum absolute atomic E-state index is 0.0352. The normalized spacial score (nSPS) is 17.7. The Morgan fingerprint density at radius 1 is 1.23 bits per heavy atom. The molecule has 4 rings (SSSR count). The van der Waals surface area contributed by atoms with Crippen LogP contribution < -0.4 is 10.5 Å². The van der Waals surface area contributed by atoms with Crippen molar-refractivity contribution in [3.63, 3.8) is 0 Å². The fourth-order valence-electron chi connectivity index (χ4n) is 3.04. The van der Waals surface area contributed by atoms with Gasteiger partial charge in [-0.15, -0.1) is 0 Å². The summed E-state index contributed by atoms with van der Waals surface area (Å²) in [6, 6.07) is 9.79. The van der Waals surface area contributed by atoms with Crippen molar-refractivity contribution in [1.29, 1.82) is 0 Å². The summed E-state index contributed by atoms with van der Waals surface area (Å²) in [7, 11) is 0. The molecule has 1 atom stereocenters. The molecule has 1 aliphatic heterocycles. The molecule has 1 aliphatic rings. The predicted molar refractivity (Wildman–Crippen MR) is 99.7 cm³/mol. The van der Waals surface area contributed by atoms with Crippen molar-refractivity contribution in [3.05, 3.63) is 68.2 Å². The molecule has 0 radical (unpaired) electrons.